The van der Waals surface area contributed by atoms with Crippen LogP contribution < -0.4 is 8.92 Å². The second-order valence-electron chi connectivity index (χ2n) is 10.4. The molecular weight excluding hydrogens is 446 g/mol. The van der Waals surface area contributed by atoms with Gasteiger partial charge in [0.05, 0.1) is 30.5 Å². The molecule has 1 aromatic carbocycles. The lowest BCUT2D eigenvalue weighted by Gasteiger charge is -2.65. The first-order chi connectivity index (χ1) is 15.6. The van der Waals surface area contributed by atoms with Crippen molar-refractivity contribution in [2.75, 3.05) is 32.6 Å². The van der Waals surface area contributed by atoms with E-state index in [1.165, 1.54) is 5.57 Å². The van der Waals surface area contributed by atoms with Gasteiger partial charge >= 0.3 is 10.1 Å². The highest BCUT2D eigenvalue weighted by Gasteiger charge is 2.77. The minimum atomic E-state index is -3.75. The molecule has 3 fully saturated rings. The van der Waals surface area contributed by atoms with Gasteiger partial charge in [0.25, 0.3) is 0 Å². The zero-order valence-electron chi connectivity index (χ0n) is 19.3. The van der Waals surface area contributed by atoms with E-state index in [-0.39, 0.29) is 11.8 Å². The SMILES string of the molecule is CC(C)=CCN1CC[C@]23c4c5ccc(OS(C)(=O)=O)c4OC2C2(CCC3(O)[C@H]1C5)OCCO2. The number of ether oxygens (including phenoxy) is 3. The zero-order chi connectivity index (χ0) is 23.2. The Morgan fingerprint density at radius 3 is 2.70 bits per heavy atom. The summed E-state index contributed by atoms with van der Waals surface area (Å²) in [5, 5.41) is 12.5. The van der Waals surface area contributed by atoms with E-state index in [0.717, 1.165) is 30.5 Å². The van der Waals surface area contributed by atoms with E-state index >= 15 is 0 Å². The number of fused-ring (bicyclic) bond motifs is 1. The van der Waals surface area contributed by atoms with Gasteiger partial charge in [-0.2, -0.15) is 8.42 Å². The lowest BCUT2D eigenvalue weighted by molar-refractivity contribution is -0.296. The Balaban J connectivity index is 1.55. The summed E-state index contributed by atoms with van der Waals surface area (Å²) in [6.07, 6.45) is 5.05. The van der Waals surface area contributed by atoms with Gasteiger partial charge in [-0.1, -0.05) is 17.7 Å². The van der Waals surface area contributed by atoms with Gasteiger partial charge in [0, 0.05) is 24.6 Å². The monoisotopic (exact) mass is 477 g/mol. The molecule has 1 aromatic rings. The van der Waals surface area contributed by atoms with Crippen LogP contribution >= 0.6 is 0 Å². The molecule has 3 heterocycles. The van der Waals surface area contributed by atoms with Gasteiger partial charge in [-0.15, -0.1) is 0 Å². The van der Waals surface area contributed by atoms with Crippen LogP contribution in [-0.2, 0) is 31.4 Å². The molecule has 1 saturated carbocycles. The standard InChI is InChI=1S/C24H31NO7S/c1-15(2)6-10-25-11-9-22-19-16-4-5-17(32-33(3,27)28)20(19)31-21(22)24(29-12-13-30-24)8-7-23(22,26)18(25)14-16/h4-6,18,21,26H,7-14H2,1-3H3/t18-,21?,22+,23?/m1/s1. The minimum absolute atomic E-state index is 0.0770. The van der Waals surface area contributed by atoms with Crippen molar-refractivity contribution in [3.8, 4) is 11.5 Å². The summed E-state index contributed by atoms with van der Waals surface area (Å²) in [5.74, 6) is -0.367. The van der Waals surface area contributed by atoms with Crippen LogP contribution in [0.1, 0.15) is 44.2 Å². The largest absolute Gasteiger partial charge is 0.479 e. The van der Waals surface area contributed by atoms with Crippen molar-refractivity contribution in [2.45, 2.75) is 68.5 Å². The number of allylic oxidation sites excluding steroid dienone is 1. The molecule has 6 rings (SSSR count). The van der Waals surface area contributed by atoms with Crippen LogP contribution in [0.2, 0.25) is 0 Å². The number of hydrogen-bond acceptors (Lipinski definition) is 8. The van der Waals surface area contributed by atoms with Crippen LogP contribution in [0.4, 0.5) is 0 Å². The average molecular weight is 478 g/mol. The van der Waals surface area contributed by atoms with Crippen molar-refractivity contribution >= 4 is 10.1 Å². The Kier molecular flexibility index (Phi) is 4.60. The average Bonchev–Trinajstić information content (AvgIpc) is 3.33. The van der Waals surface area contributed by atoms with Crippen LogP contribution in [0.15, 0.2) is 23.8 Å². The number of aliphatic hydroxyl groups is 1. The Morgan fingerprint density at radius 2 is 2.00 bits per heavy atom. The van der Waals surface area contributed by atoms with Crippen molar-refractivity contribution < 1.29 is 31.9 Å². The molecule has 4 atom stereocenters. The Morgan fingerprint density at radius 1 is 1.24 bits per heavy atom. The molecule has 0 amide bonds. The summed E-state index contributed by atoms with van der Waals surface area (Å²) >= 11 is 0. The second kappa shape index (κ2) is 6.95. The highest BCUT2D eigenvalue weighted by molar-refractivity contribution is 7.86. The Labute approximate surface area is 194 Å². The molecule has 33 heavy (non-hydrogen) atoms. The van der Waals surface area contributed by atoms with Crippen LogP contribution in [-0.4, -0.2) is 74.5 Å². The lowest BCUT2D eigenvalue weighted by Crippen LogP contribution is -2.79. The molecule has 1 N–H and O–H groups in total. The summed E-state index contributed by atoms with van der Waals surface area (Å²) < 4.78 is 48.2. The van der Waals surface area contributed by atoms with E-state index in [1.807, 2.05) is 6.07 Å². The molecule has 0 aromatic heterocycles. The highest BCUT2D eigenvalue weighted by Crippen LogP contribution is 2.68. The maximum Gasteiger partial charge on any atom is 0.306 e. The molecule has 0 radical (unpaired) electrons. The molecule has 2 spiro atoms. The summed E-state index contributed by atoms with van der Waals surface area (Å²) in [7, 11) is -3.75. The fourth-order valence-corrected chi connectivity index (χ4v) is 7.55. The van der Waals surface area contributed by atoms with Gasteiger partial charge in [0.1, 0.15) is 0 Å². The molecule has 9 heteroatoms. The molecular formula is C24H31NO7S. The molecule has 2 saturated heterocycles. The predicted octanol–water partition coefficient (Wildman–Crippen LogP) is 1.89. The Bertz CT molecular complexity index is 1140. The van der Waals surface area contributed by atoms with E-state index < -0.39 is 33.0 Å². The first kappa shape index (κ1) is 21.9. The quantitative estimate of drug-likeness (QED) is 0.519. The van der Waals surface area contributed by atoms with E-state index in [4.69, 9.17) is 18.4 Å². The summed E-state index contributed by atoms with van der Waals surface area (Å²) in [6.45, 7) is 6.70. The van der Waals surface area contributed by atoms with E-state index in [2.05, 4.69) is 24.8 Å². The number of piperidine rings is 1. The molecule has 2 aliphatic carbocycles. The van der Waals surface area contributed by atoms with Crippen LogP contribution in [0, 0.1) is 0 Å². The zero-order valence-corrected chi connectivity index (χ0v) is 20.1. The van der Waals surface area contributed by atoms with Crippen molar-refractivity contribution in [3.05, 3.63) is 34.9 Å². The molecule has 5 aliphatic rings. The van der Waals surface area contributed by atoms with E-state index in [9.17, 15) is 13.5 Å². The lowest BCUT2D eigenvalue weighted by atomic mass is 9.48. The Hall–Kier alpha value is -1.65. The van der Waals surface area contributed by atoms with Gasteiger partial charge in [0.15, 0.2) is 17.6 Å². The van der Waals surface area contributed by atoms with Gasteiger partial charge in [-0.25, -0.2) is 0 Å². The fraction of sp³-hybridized carbons (Fsp3) is 0.667. The molecule has 180 valence electrons. The normalized spacial score (nSPS) is 35.8. The number of likely N-dealkylation sites (tertiary alicyclic amines) is 1. The van der Waals surface area contributed by atoms with Crippen LogP contribution in [0.25, 0.3) is 0 Å². The molecule has 2 unspecified atom stereocenters. The summed E-state index contributed by atoms with van der Waals surface area (Å²) in [4.78, 5) is 2.38. The smallest absolute Gasteiger partial charge is 0.306 e. The first-order valence-electron chi connectivity index (χ1n) is 11.7. The number of rotatable bonds is 4. The van der Waals surface area contributed by atoms with Crippen molar-refractivity contribution in [1.82, 2.24) is 4.90 Å². The van der Waals surface area contributed by atoms with E-state index in [0.29, 0.717) is 44.6 Å². The predicted molar refractivity (Wildman–Crippen MR) is 120 cm³/mol. The van der Waals surface area contributed by atoms with Gasteiger partial charge in [-0.3, -0.25) is 4.90 Å². The first-order valence-corrected chi connectivity index (χ1v) is 13.5. The number of hydrogen-bond donors (Lipinski definition) is 1. The van der Waals surface area contributed by atoms with Gasteiger partial charge in [0.2, 0.25) is 5.79 Å². The topological polar surface area (TPSA) is 94.5 Å². The van der Waals surface area contributed by atoms with Crippen molar-refractivity contribution in [3.63, 3.8) is 0 Å². The molecule has 8 nitrogen and oxygen atoms in total. The summed E-state index contributed by atoms with van der Waals surface area (Å²) in [5.41, 5.74) is 1.41. The van der Waals surface area contributed by atoms with Crippen LogP contribution in [0.3, 0.4) is 0 Å². The molecule has 2 bridgehead atoms. The van der Waals surface area contributed by atoms with Crippen molar-refractivity contribution in [2.24, 2.45) is 0 Å². The minimum Gasteiger partial charge on any atom is -0.479 e. The van der Waals surface area contributed by atoms with Crippen molar-refractivity contribution in [1.29, 1.82) is 0 Å². The molecule has 3 aliphatic heterocycles. The maximum atomic E-state index is 12.5. The fourth-order valence-electron chi connectivity index (χ4n) is 7.09. The van der Waals surface area contributed by atoms with E-state index in [1.54, 1.807) is 6.07 Å². The van der Waals surface area contributed by atoms with Gasteiger partial charge < -0.3 is 23.5 Å². The maximum absolute atomic E-state index is 12.5. The third kappa shape index (κ3) is 2.86. The summed E-state index contributed by atoms with van der Waals surface area (Å²) in [6, 6.07) is 3.53. The second-order valence-corrected chi connectivity index (χ2v) is 11.9. The number of nitrogens with zero attached hydrogens (tertiary/aromatic N) is 1. The highest BCUT2D eigenvalue weighted by atomic mass is 32.2. The van der Waals surface area contributed by atoms with Gasteiger partial charge in [-0.05, 0) is 51.3 Å². The third-order valence-corrected chi connectivity index (χ3v) is 8.80. The number of benzene rings is 1. The van der Waals surface area contributed by atoms with Crippen LogP contribution in [0.5, 0.6) is 11.5 Å². The third-order valence-electron chi connectivity index (χ3n) is 8.31.